The van der Waals surface area contributed by atoms with E-state index < -0.39 is 8.60 Å². The van der Waals surface area contributed by atoms with E-state index in [0.717, 1.165) is 12.8 Å². The first-order chi connectivity index (χ1) is 12.2. The van der Waals surface area contributed by atoms with Gasteiger partial charge in [-0.2, -0.15) is 0 Å². The second-order valence-electron chi connectivity index (χ2n) is 6.76. The van der Waals surface area contributed by atoms with Gasteiger partial charge in [-0.25, -0.2) is 0 Å². The molecule has 3 atom stereocenters. The second kappa shape index (κ2) is 10.9. The number of hydrogen-bond donors (Lipinski definition) is 1. The van der Waals surface area contributed by atoms with Gasteiger partial charge in [-0.15, -0.1) is 0 Å². The molecular formula is C21H31O3P. The Bertz CT molecular complexity index is 543. The molecule has 2 rings (SSSR count). The van der Waals surface area contributed by atoms with Crippen LogP contribution in [0.5, 0.6) is 0 Å². The minimum Gasteiger partial charge on any atom is -0.328 e. The molecule has 1 aromatic carbocycles. The minimum absolute atomic E-state index is 0.236. The summed E-state index contributed by atoms with van der Waals surface area (Å²) in [5.74, 6) is 0. The fourth-order valence-electron chi connectivity index (χ4n) is 3.07. The van der Waals surface area contributed by atoms with Gasteiger partial charge in [-0.1, -0.05) is 93.7 Å². The molecule has 0 aromatic heterocycles. The zero-order valence-corrected chi connectivity index (χ0v) is 16.3. The van der Waals surface area contributed by atoms with Crippen molar-refractivity contribution in [3.63, 3.8) is 0 Å². The summed E-state index contributed by atoms with van der Waals surface area (Å²) in [4.78, 5) is 10.2. The quantitative estimate of drug-likeness (QED) is 0.384. The van der Waals surface area contributed by atoms with Gasteiger partial charge in [0.25, 0.3) is 0 Å². The fourth-order valence-corrected chi connectivity index (χ4v) is 3.90. The molecule has 1 aliphatic rings. The van der Waals surface area contributed by atoms with Gasteiger partial charge in [0, 0.05) is 5.41 Å². The summed E-state index contributed by atoms with van der Waals surface area (Å²) in [7, 11) is -1.86. The van der Waals surface area contributed by atoms with E-state index in [4.69, 9.17) is 9.05 Å². The van der Waals surface area contributed by atoms with Gasteiger partial charge < -0.3 is 13.9 Å². The summed E-state index contributed by atoms with van der Waals surface area (Å²) in [6, 6.07) is 10.3. The van der Waals surface area contributed by atoms with Crippen LogP contribution in [0.3, 0.4) is 0 Å². The van der Waals surface area contributed by atoms with Crippen LogP contribution in [0, 0.1) is 0 Å². The normalized spacial score (nSPS) is 23.7. The molecule has 0 saturated carbocycles. The lowest BCUT2D eigenvalue weighted by Crippen LogP contribution is -2.36. The lowest BCUT2D eigenvalue weighted by molar-refractivity contribution is 0.132. The average Bonchev–Trinajstić information content (AvgIpc) is 2.64. The molecule has 138 valence electrons. The molecule has 0 amide bonds. The lowest BCUT2D eigenvalue weighted by atomic mass is 9.75. The van der Waals surface area contributed by atoms with Gasteiger partial charge in [0.1, 0.15) is 0 Å². The van der Waals surface area contributed by atoms with Gasteiger partial charge in [-0.3, -0.25) is 0 Å². The largest absolute Gasteiger partial charge is 0.330 e. The van der Waals surface area contributed by atoms with Crippen LogP contribution in [0.4, 0.5) is 0 Å². The van der Waals surface area contributed by atoms with Crippen LogP contribution in [0.2, 0.25) is 0 Å². The Morgan fingerprint density at radius 1 is 1.04 bits per heavy atom. The Kier molecular flexibility index (Phi) is 8.84. The van der Waals surface area contributed by atoms with Gasteiger partial charge in [0.15, 0.2) is 0 Å². The second-order valence-corrected chi connectivity index (χ2v) is 7.70. The first-order valence-electron chi connectivity index (χ1n) is 9.37. The fraction of sp³-hybridized carbons (Fsp3) is 0.524. The highest BCUT2D eigenvalue weighted by atomic mass is 31.2. The van der Waals surface area contributed by atoms with Gasteiger partial charge in [-0.05, 0) is 18.9 Å². The van der Waals surface area contributed by atoms with Crippen molar-refractivity contribution in [3.05, 3.63) is 60.2 Å². The standard InChI is InChI=1S/C21H31O3P/c1-3-4-5-6-7-13-18-23-25(22)24-20-16-11-12-17-21(20,2)19-14-9-8-10-15-19/h8-12,14-17,20,22H,3-7,13,18H2,1-2H3. The third kappa shape index (κ3) is 6.34. The number of benzene rings is 1. The molecule has 0 saturated heterocycles. The van der Waals surface area contributed by atoms with Crippen molar-refractivity contribution in [2.45, 2.75) is 63.9 Å². The first kappa shape index (κ1) is 20.3. The smallest absolute Gasteiger partial charge is 0.328 e. The molecule has 1 aromatic rings. The Balaban J connectivity index is 1.79. The number of unbranched alkanes of at least 4 members (excludes halogenated alkanes) is 5. The van der Waals surface area contributed by atoms with Crippen molar-refractivity contribution in [1.29, 1.82) is 0 Å². The highest BCUT2D eigenvalue weighted by Gasteiger charge is 2.36. The van der Waals surface area contributed by atoms with Crippen LogP contribution in [0.1, 0.15) is 57.9 Å². The van der Waals surface area contributed by atoms with Crippen LogP contribution in [-0.2, 0) is 14.5 Å². The predicted octanol–water partition coefficient (Wildman–Crippen LogP) is 6.05. The van der Waals surface area contributed by atoms with Gasteiger partial charge >= 0.3 is 8.60 Å². The monoisotopic (exact) mass is 362 g/mol. The number of rotatable bonds is 11. The minimum atomic E-state index is -1.86. The molecule has 3 unspecified atom stereocenters. The number of hydrogen-bond acceptors (Lipinski definition) is 3. The van der Waals surface area contributed by atoms with Crippen LogP contribution >= 0.6 is 8.60 Å². The molecule has 0 fully saturated rings. The summed E-state index contributed by atoms with van der Waals surface area (Å²) >= 11 is 0. The highest BCUT2D eigenvalue weighted by molar-refractivity contribution is 7.40. The van der Waals surface area contributed by atoms with Crippen LogP contribution in [0.15, 0.2) is 54.6 Å². The summed E-state index contributed by atoms with van der Waals surface area (Å²) < 4.78 is 11.4. The molecule has 3 nitrogen and oxygen atoms in total. The van der Waals surface area contributed by atoms with Crippen molar-refractivity contribution < 1.29 is 13.9 Å². The third-order valence-electron chi connectivity index (χ3n) is 4.73. The summed E-state index contributed by atoms with van der Waals surface area (Å²) in [5.41, 5.74) is 0.864. The van der Waals surface area contributed by atoms with Gasteiger partial charge in [0.2, 0.25) is 0 Å². The van der Waals surface area contributed by atoms with E-state index in [9.17, 15) is 4.89 Å². The molecule has 0 aliphatic heterocycles. The maximum absolute atomic E-state index is 10.2. The van der Waals surface area contributed by atoms with Crippen molar-refractivity contribution in [1.82, 2.24) is 0 Å². The molecule has 1 aliphatic carbocycles. The van der Waals surface area contributed by atoms with Crippen molar-refractivity contribution in [3.8, 4) is 0 Å². The third-order valence-corrected chi connectivity index (χ3v) is 5.54. The van der Waals surface area contributed by atoms with E-state index in [1.54, 1.807) is 0 Å². The Hall–Kier alpha value is -0.990. The predicted molar refractivity (Wildman–Crippen MR) is 105 cm³/mol. The van der Waals surface area contributed by atoms with E-state index in [1.807, 2.05) is 36.4 Å². The molecule has 0 bridgehead atoms. The van der Waals surface area contributed by atoms with Crippen molar-refractivity contribution >= 4 is 8.60 Å². The molecular weight excluding hydrogens is 331 g/mol. The Labute approximate surface area is 153 Å². The van der Waals surface area contributed by atoms with Crippen LogP contribution < -0.4 is 0 Å². The number of allylic oxidation sites excluding steroid dienone is 2. The van der Waals surface area contributed by atoms with Crippen molar-refractivity contribution in [2.75, 3.05) is 6.61 Å². The lowest BCUT2D eigenvalue weighted by Gasteiger charge is -2.35. The van der Waals surface area contributed by atoms with E-state index in [1.165, 1.54) is 31.2 Å². The van der Waals surface area contributed by atoms with Crippen LogP contribution in [0.25, 0.3) is 0 Å². The van der Waals surface area contributed by atoms with Gasteiger partial charge in [0.05, 0.1) is 12.7 Å². The Morgan fingerprint density at radius 2 is 1.76 bits per heavy atom. The summed E-state index contributed by atoms with van der Waals surface area (Å²) in [6.45, 7) is 4.91. The topological polar surface area (TPSA) is 38.7 Å². The van der Waals surface area contributed by atoms with Crippen LogP contribution in [-0.4, -0.2) is 17.6 Å². The summed E-state index contributed by atoms with van der Waals surface area (Å²) in [5, 5.41) is 0. The van der Waals surface area contributed by atoms with Crippen molar-refractivity contribution in [2.24, 2.45) is 0 Å². The zero-order chi connectivity index (χ0) is 18.0. The molecule has 0 spiro atoms. The molecule has 4 heteroatoms. The zero-order valence-electron chi connectivity index (χ0n) is 15.4. The van der Waals surface area contributed by atoms with E-state index in [0.29, 0.717) is 6.61 Å². The molecule has 0 radical (unpaired) electrons. The van der Waals surface area contributed by atoms with E-state index in [2.05, 4.69) is 32.1 Å². The SMILES string of the molecule is CCCCCCCCOP(O)OC1C=CC=CC1(C)c1ccccc1. The Morgan fingerprint density at radius 3 is 2.52 bits per heavy atom. The average molecular weight is 362 g/mol. The maximum atomic E-state index is 10.2. The first-order valence-corrected chi connectivity index (χ1v) is 10.5. The summed E-state index contributed by atoms with van der Waals surface area (Å²) in [6.07, 6.45) is 15.1. The van der Waals surface area contributed by atoms with E-state index >= 15 is 0 Å². The van der Waals surface area contributed by atoms with E-state index in [-0.39, 0.29) is 11.5 Å². The molecule has 25 heavy (non-hydrogen) atoms. The molecule has 1 N–H and O–H groups in total. The maximum Gasteiger partial charge on any atom is 0.330 e. The highest BCUT2D eigenvalue weighted by Crippen LogP contribution is 2.43. The molecule has 0 heterocycles.